The molecule has 1 rings (SSSR count). The minimum Gasteiger partial charge on any atom is -0.497 e. The lowest BCUT2D eigenvalue weighted by Crippen LogP contribution is -1.84. The predicted molar refractivity (Wildman–Crippen MR) is 79.0 cm³/mol. The van der Waals surface area contributed by atoms with Crippen LogP contribution in [0.3, 0.4) is 0 Å². The number of allylic oxidation sites excluding steroid dienone is 4. The van der Waals surface area contributed by atoms with E-state index in [4.69, 9.17) is 4.74 Å². The molecule has 0 aromatic heterocycles. The van der Waals surface area contributed by atoms with Gasteiger partial charge in [0.15, 0.2) is 0 Å². The quantitative estimate of drug-likeness (QED) is 0.600. The van der Waals surface area contributed by atoms with Crippen LogP contribution in [0.2, 0.25) is 0 Å². The van der Waals surface area contributed by atoms with Gasteiger partial charge in [0.25, 0.3) is 0 Å². The van der Waals surface area contributed by atoms with Crippen LogP contribution in [0.1, 0.15) is 24.8 Å². The largest absolute Gasteiger partial charge is 0.497 e. The normalized spacial score (nSPS) is 10.5. The molecule has 0 aliphatic carbocycles. The molecule has 0 aliphatic rings. The van der Waals surface area contributed by atoms with E-state index in [2.05, 4.69) is 37.4 Å². The first-order chi connectivity index (χ1) is 8.76. The van der Waals surface area contributed by atoms with Gasteiger partial charge >= 0.3 is 0 Å². The third kappa shape index (κ3) is 5.53. The molecule has 0 amide bonds. The van der Waals surface area contributed by atoms with Gasteiger partial charge < -0.3 is 4.74 Å². The van der Waals surface area contributed by atoms with Crippen LogP contribution in [0.4, 0.5) is 0 Å². The summed E-state index contributed by atoms with van der Waals surface area (Å²) in [5.41, 5.74) is 2.56. The zero-order valence-corrected chi connectivity index (χ0v) is 11.2. The van der Waals surface area contributed by atoms with Crippen molar-refractivity contribution in [2.45, 2.75) is 25.7 Å². The number of methoxy groups -OCH3 is 1. The zero-order chi connectivity index (χ0) is 13.2. The maximum Gasteiger partial charge on any atom is 0.118 e. The molecule has 1 aromatic carbocycles. The molecule has 0 saturated carbocycles. The molecule has 1 aromatic rings. The molecule has 0 bridgehead atoms. The maximum absolute atomic E-state index is 5.13. The van der Waals surface area contributed by atoms with Gasteiger partial charge in [-0.1, -0.05) is 42.5 Å². The van der Waals surface area contributed by atoms with Crippen molar-refractivity contribution < 1.29 is 4.74 Å². The Morgan fingerprint density at radius 3 is 2.56 bits per heavy atom. The molecular formula is C17H22O. The summed E-state index contributed by atoms with van der Waals surface area (Å²) in [7, 11) is 1.68. The lowest BCUT2D eigenvalue weighted by Gasteiger charge is -2.01. The highest BCUT2D eigenvalue weighted by molar-refractivity contribution is 5.28. The second-order valence-corrected chi connectivity index (χ2v) is 4.31. The summed E-state index contributed by atoms with van der Waals surface area (Å²) in [5.74, 6) is 0.903. The SMILES string of the molecule is C=CCCC(=C)C/C=C\Cc1ccc(OC)cc1. The van der Waals surface area contributed by atoms with E-state index in [1.807, 2.05) is 18.2 Å². The molecule has 0 atom stereocenters. The van der Waals surface area contributed by atoms with E-state index in [1.165, 1.54) is 11.1 Å². The predicted octanol–water partition coefficient (Wildman–Crippen LogP) is 4.71. The van der Waals surface area contributed by atoms with Crippen molar-refractivity contribution in [3.8, 4) is 5.75 Å². The number of ether oxygens (including phenoxy) is 1. The van der Waals surface area contributed by atoms with Gasteiger partial charge in [0.2, 0.25) is 0 Å². The van der Waals surface area contributed by atoms with Gasteiger partial charge in [-0.2, -0.15) is 0 Å². The summed E-state index contributed by atoms with van der Waals surface area (Å²) in [6.45, 7) is 7.76. The van der Waals surface area contributed by atoms with Gasteiger partial charge in [0.1, 0.15) is 5.75 Å². The van der Waals surface area contributed by atoms with Crippen LogP contribution in [0, 0.1) is 0 Å². The second kappa shape index (κ2) is 8.35. The van der Waals surface area contributed by atoms with Gasteiger partial charge in [-0.3, -0.25) is 0 Å². The van der Waals surface area contributed by atoms with Gasteiger partial charge in [0.05, 0.1) is 7.11 Å². The molecule has 96 valence electrons. The van der Waals surface area contributed by atoms with E-state index in [0.717, 1.165) is 31.4 Å². The van der Waals surface area contributed by atoms with E-state index < -0.39 is 0 Å². The summed E-state index contributed by atoms with van der Waals surface area (Å²) in [5, 5.41) is 0. The Morgan fingerprint density at radius 1 is 1.22 bits per heavy atom. The first kappa shape index (κ1) is 14.3. The monoisotopic (exact) mass is 242 g/mol. The average Bonchev–Trinajstić information content (AvgIpc) is 2.42. The lowest BCUT2D eigenvalue weighted by atomic mass is 10.1. The van der Waals surface area contributed by atoms with E-state index >= 15 is 0 Å². The standard InChI is InChI=1S/C17H22O/c1-4-5-8-15(2)9-6-7-10-16-11-13-17(18-3)14-12-16/h4,6-7,11-14H,1-2,5,8-10H2,3H3/b7-6-. The molecule has 0 unspecified atom stereocenters. The van der Waals surface area contributed by atoms with Crippen LogP contribution in [-0.2, 0) is 6.42 Å². The van der Waals surface area contributed by atoms with Crippen LogP contribution < -0.4 is 4.74 Å². The highest BCUT2D eigenvalue weighted by Crippen LogP contribution is 2.12. The van der Waals surface area contributed by atoms with Gasteiger partial charge in [0, 0.05) is 0 Å². The molecule has 0 N–H and O–H groups in total. The van der Waals surface area contributed by atoms with Crippen molar-refractivity contribution in [2.24, 2.45) is 0 Å². The summed E-state index contributed by atoms with van der Waals surface area (Å²) in [6.07, 6.45) is 10.3. The Balaban J connectivity index is 2.30. The van der Waals surface area contributed by atoms with E-state index in [-0.39, 0.29) is 0 Å². The molecule has 0 radical (unpaired) electrons. The lowest BCUT2D eigenvalue weighted by molar-refractivity contribution is 0.414. The fourth-order valence-corrected chi connectivity index (χ4v) is 1.64. The minimum atomic E-state index is 0.903. The van der Waals surface area contributed by atoms with Crippen molar-refractivity contribution >= 4 is 0 Å². The Bertz CT molecular complexity index is 398. The van der Waals surface area contributed by atoms with Crippen molar-refractivity contribution in [1.29, 1.82) is 0 Å². The molecule has 0 heterocycles. The van der Waals surface area contributed by atoms with Crippen molar-refractivity contribution in [2.75, 3.05) is 7.11 Å². The summed E-state index contributed by atoms with van der Waals surface area (Å²) in [6, 6.07) is 8.17. The third-order valence-corrected chi connectivity index (χ3v) is 2.79. The van der Waals surface area contributed by atoms with Crippen molar-refractivity contribution in [1.82, 2.24) is 0 Å². The Morgan fingerprint density at radius 2 is 1.94 bits per heavy atom. The number of hydrogen-bond donors (Lipinski definition) is 0. The smallest absolute Gasteiger partial charge is 0.118 e. The fourth-order valence-electron chi connectivity index (χ4n) is 1.64. The number of hydrogen-bond acceptors (Lipinski definition) is 1. The molecule has 1 nitrogen and oxygen atoms in total. The van der Waals surface area contributed by atoms with E-state index in [9.17, 15) is 0 Å². The molecule has 0 saturated heterocycles. The highest BCUT2D eigenvalue weighted by Gasteiger charge is 1.92. The van der Waals surface area contributed by atoms with Crippen molar-refractivity contribution in [3.05, 3.63) is 66.8 Å². The Kier molecular flexibility index (Phi) is 6.63. The van der Waals surface area contributed by atoms with Gasteiger partial charge in [-0.15, -0.1) is 6.58 Å². The first-order valence-electron chi connectivity index (χ1n) is 6.31. The van der Waals surface area contributed by atoms with Crippen LogP contribution in [0.25, 0.3) is 0 Å². The number of rotatable bonds is 8. The van der Waals surface area contributed by atoms with Crippen LogP contribution in [-0.4, -0.2) is 7.11 Å². The van der Waals surface area contributed by atoms with E-state index in [0.29, 0.717) is 0 Å². The molecule has 0 aliphatic heterocycles. The maximum atomic E-state index is 5.13. The topological polar surface area (TPSA) is 9.23 Å². The van der Waals surface area contributed by atoms with Crippen LogP contribution in [0.5, 0.6) is 5.75 Å². The highest BCUT2D eigenvalue weighted by atomic mass is 16.5. The number of benzene rings is 1. The molecule has 0 spiro atoms. The molecular weight excluding hydrogens is 220 g/mol. The second-order valence-electron chi connectivity index (χ2n) is 4.31. The average molecular weight is 242 g/mol. The Hall–Kier alpha value is -1.76. The summed E-state index contributed by atoms with van der Waals surface area (Å²) < 4.78 is 5.13. The minimum absolute atomic E-state index is 0.903. The van der Waals surface area contributed by atoms with Crippen LogP contribution in [0.15, 0.2) is 61.2 Å². The first-order valence-corrected chi connectivity index (χ1v) is 6.31. The van der Waals surface area contributed by atoms with Crippen molar-refractivity contribution in [3.63, 3.8) is 0 Å². The third-order valence-electron chi connectivity index (χ3n) is 2.79. The van der Waals surface area contributed by atoms with Gasteiger partial charge in [-0.25, -0.2) is 0 Å². The zero-order valence-electron chi connectivity index (χ0n) is 11.2. The van der Waals surface area contributed by atoms with E-state index in [1.54, 1.807) is 7.11 Å². The van der Waals surface area contributed by atoms with Gasteiger partial charge in [-0.05, 0) is 43.4 Å². The Labute approximate surface area is 110 Å². The molecule has 0 fully saturated rings. The fraction of sp³-hybridized carbons (Fsp3) is 0.294. The summed E-state index contributed by atoms with van der Waals surface area (Å²) in [4.78, 5) is 0. The molecule has 18 heavy (non-hydrogen) atoms. The summed E-state index contributed by atoms with van der Waals surface area (Å²) >= 11 is 0. The van der Waals surface area contributed by atoms with Crippen LogP contribution >= 0.6 is 0 Å². The molecule has 1 heteroatoms.